The summed E-state index contributed by atoms with van der Waals surface area (Å²) in [6.07, 6.45) is 2.53. The predicted octanol–water partition coefficient (Wildman–Crippen LogP) is 0.980. The molecule has 0 aromatic carbocycles. The van der Waals surface area contributed by atoms with Crippen molar-refractivity contribution in [1.82, 2.24) is 15.0 Å². The van der Waals surface area contributed by atoms with Crippen molar-refractivity contribution < 1.29 is 14.6 Å². The first-order valence-electron chi connectivity index (χ1n) is 8.22. The fourth-order valence-electron chi connectivity index (χ4n) is 2.36. The molecule has 1 saturated heterocycles. The Morgan fingerprint density at radius 3 is 2.72 bits per heavy atom. The summed E-state index contributed by atoms with van der Waals surface area (Å²) in [4.78, 5) is 15.3. The van der Waals surface area contributed by atoms with Gasteiger partial charge < -0.3 is 24.8 Å². The summed E-state index contributed by atoms with van der Waals surface area (Å²) in [6.45, 7) is 3.62. The first-order chi connectivity index (χ1) is 12.3. The van der Waals surface area contributed by atoms with Gasteiger partial charge in [-0.2, -0.15) is 9.97 Å². The molecule has 2 N–H and O–H groups in total. The van der Waals surface area contributed by atoms with Gasteiger partial charge in [0, 0.05) is 51.6 Å². The van der Waals surface area contributed by atoms with Crippen LogP contribution in [0.2, 0.25) is 0 Å². The van der Waals surface area contributed by atoms with Gasteiger partial charge in [-0.1, -0.05) is 6.07 Å². The van der Waals surface area contributed by atoms with E-state index < -0.39 is 0 Å². The first kappa shape index (κ1) is 18.9. The van der Waals surface area contributed by atoms with E-state index in [0.717, 1.165) is 51.3 Å². The molecule has 0 bridgehead atoms. The van der Waals surface area contributed by atoms with E-state index >= 15 is 0 Å². The van der Waals surface area contributed by atoms with E-state index in [1.54, 1.807) is 13.2 Å². The lowest BCUT2D eigenvalue weighted by molar-refractivity contribution is 0.122. The number of ether oxygens (including phenoxy) is 2. The zero-order valence-corrected chi connectivity index (χ0v) is 14.7. The highest BCUT2D eigenvalue weighted by Gasteiger charge is 2.15. The lowest BCUT2D eigenvalue weighted by atomic mass is 10.3. The normalized spacial score (nSPS) is 13.6. The van der Waals surface area contributed by atoms with Gasteiger partial charge in [0.25, 0.3) is 0 Å². The van der Waals surface area contributed by atoms with E-state index in [9.17, 15) is 0 Å². The fraction of sp³-hybridized carbons (Fsp3) is 0.471. The maximum Gasteiger partial charge on any atom is 0.227 e. The number of nitrogens with one attached hydrogen (secondary N) is 1. The van der Waals surface area contributed by atoms with Crippen molar-refractivity contribution >= 4 is 11.8 Å². The van der Waals surface area contributed by atoms with Gasteiger partial charge in [0.15, 0.2) is 0 Å². The average molecular weight is 347 g/mol. The minimum Gasteiger partial charge on any atom is -0.477 e. The molecule has 8 heteroatoms. The Kier molecular flexibility index (Phi) is 7.87. The Balaban J connectivity index is 0.00000109. The molecule has 0 spiro atoms. The summed E-state index contributed by atoms with van der Waals surface area (Å²) in [5.41, 5.74) is 1.00. The molecule has 0 saturated carbocycles. The van der Waals surface area contributed by atoms with Gasteiger partial charge in [-0.05, 0) is 12.1 Å². The van der Waals surface area contributed by atoms with Gasteiger partial charge in [-0.25, -0.2) is 0 Å². The molecule has 2 aromatic heterocycles. The maximum atomic E-state index is 7.00. The molecule has 8 nitrogen and oxygen atoms in total. The zero-order chi connectivity index (χ0) is 17.9. The van der Waals surface area contributed by atoms with Crippen LogP contribution in [-0.2, 0) is 11.2 Å². The number of anilines is 2. The molecular formula is C17H25N5O3. The monoisotopic (exact) mass is 347 g/mol. The summed E-state index contributed by atoms with van der Waals surface area (Å²) in [5.74, 6) is 1.99. The van der Waals surface area contributed by atoms with Crippen LogP contribution in [0.1, 0.15) is 5.69 Å². The van der Waals surface area contributed by atoms with Crippen LogP contribution in [0.25, 0.3) is 0 Å². The van der Waals surface area contributed by atoms with Gasteiger partial charge >= 0.3 is 0 Å². The summed E-state index contributed by atoms with van der Waals surface area (Å²) in [5, 5.41) is 9.98. The molecule has 0 atom stereocenters. The number of hydrogen-bond acceptors (Lipinski definition) is 8. The molecular weight excluding hydrogens is 322 g/mol. The second-order valence-electron chi connectivity index (χ2n) is 5.16. The number of aliphatic hydroxyl groups is 1. The maximum absolute atomic E-state index is 7.00. The zero-order valence-electron chi connectivity index (χ0n) is 14.7. The van der Waals surface area contributed by atoms with Crippen molar-refractivity contribution in [2.45, 2.75) is 6.42 Å². The smallest absolute Gasteiger partial charge is 0.227 e. The van der Waals surface area contributed by atoms with E-state index in [4.69, 9.17) is 14.6 Å². The molecule has 1 aliphatic rings. The van der Waals surface area contributed by atoms with Crippen LogP contribution in [0, 0.1) is 0 Å². The highest BCUT2D eigenvalue weighted by molar-refractivity contribution is 5.47. The minimum absolute atomic E-state index is 0.528. The predicted molar refractivity (Wildman–Crippen MR) is 96.2 cm³/mol. The summed E-state index contributed by atoms with van der Waals surface area (Å²) >= 11 is 0. The lowest BCUT2D eigenvalue weighted by Gasteiger charge is -2.28. The second kappa shape index (κ2) is 10.4. The fourth-order valence-corrected chi connectivity index (χ4v) is 2.36. The Morgan fingerprint density at radius 1 is 1.24 bits per heavy atom. The van der Waals surface area contributed by atoms with Crippen molar-refractivity contribution in [2.75, 3.05) is 57.3 Å². The quantitative estimate of drug-likeness (QED) is 0.799. The van der Waals surface area contributed by atoms with Gasteiger partial charge in [-0.15, -0.1) is 0 Å². The van der Waals surface area contributed by atoms with Crippen LogP contribution < -0.4 is 15.0 Å². The van der Waals surface area contributed by atoms with Gasteiger partial charge in [-0.3, -0.25) is 4.98 Å². The van der Waals surface area contributed by atoms with Gasteiger partial charge in [0.2, 0.25) is 11.8 Å². The number of rotatable bonds is 6. The highest BCUT2D eigenvalue weighted by Crippen LogP contribution is 2.20. The van der Waals surface area contributed by atoms with Crippen LogP contribution in [-0.4, -0.2) is 67.1 Å². The lowest BCUT2D eigenvalue weighted by Crippen LogP contribution is -2.36. The van der Waals surface area contributed by atoms with Crippen LogP contribution in [0.15, 0.2) is 30.5 Å². The largest absolute Gasteiger partial charge is 0.477 e. The molecule has 3 heterocycles. The Hall–Kier alpha value is -2.45. The third-order valence-electron chi connectivity index (χ3n) is 3.58. The highest BCUT2D eigenvalue weighted by atomic mass is 16.5. The third-order valence-corrected chi connectivity index (χ3v) is 3.58. The number of nitrogens with zero attached hydrogens (tertiary/aromatic N) is 4. The van der Waals surface area contributed by atoms with Gasteiger partial charge in [0.05, 0.1) is 19.8 Å². The van der Waals surface area contributed by atoms with E-state index in [1.165, 1.54) is 0 Å². The molecule has 1 fully saturated rings. The molecule has 136 valence electrons. The topological polar surface area (TPSA) is 92.6 Å². The number of pyridine rings is 1. The number of hydrogen-bond donors (Lipinski definition) is 2. The van der Waals surface area contributed by atoms with Crippen LogP contribution >= 0.6 is 0 Å². The Labute approximate surface area is 147 Å². The number of aliphatic hydroxyl groups excluding tert-OH is 1. The SMILES string of the molecule is CNc1nc(OCCc2ccccn2)cc(N2CCOCC2)n1.CO. The molecule has 1 aliphatic heterocycles. The van der Waals surface area contributed by atoms with E-state index in [2.05, 4.69) is 25.2 Å². The molecule has 0 unspecified atom stereocenters. The van der Waals surface area contributed by atoms with Crippen LogP contribution in [0.3, 0.4) is 0 Å². The summed E-state index contributed by atoms with van der Waals surface area (Å²) < 4.78 is 11.2. The van der Waals surface area contributed by atoms with Gasteiger partial charge in [0.1, 0.15) is 5.82 Å². The van der Waals surface area contributed by atoms with Crippen LogP contribution in [0.4, 0.5) is 11.8 Å². The number of morpholine rings is 1. The molecule has 0 aliphatic carbocycles. The van der Waals surface area contributed by atoms with Crippen molar-refractivity contribution in [2.24, 2.45) is 0 Å². The third kappa shape index (κ3) is 5.84. The molecule has 2 aromatic rings. The van der Waals surface area contributed by atoms with Crippen molar-refractivity contribution in [3.63, 3.8) is 0 Å². The molecule has 0 radical (unpaired) electrons. The van der Waals surface area contributed by atoms with E-state index in [0.29, 0.717) is 18.4 Å². The van der Waals surface area contributed by atoms with Crippen molar-refractivity contribution in [3.05, 3.63) is 36.2 Å². The Bertz CT molecular complexity index is 621. The van der Waals surface area contributed by atoms with Crippen molar-refractivity contribution in [3.8, 4) is 5.88 Å². The minimum atomic E-state index is 0.528. The van der Waals surface area contributed by atoms with Crippen LogP contribution in [0.5, 0.6) is 5.88 Å². The number of aromatic nitrogens is 3. The summed E-state index contributed by atoms with van der Waals surface area (Å²) in [6, 6.07) is 7.75. The second-order valence-corrected chi connectivity index (χ2v) is 5.16. The standard InChI is InChI=1S/C16H21N5O2.CH4O/c1-17-16-19-14(21-7-10-22-11-8-21)12-15(20-16)23-9-5-13-4-2-3-6-18-13;1-2/h2-4,6,12H,5,7-11H2,1H3,(H,17,19,20);2H,1H3. The molecule has 25 heavy (non-hydrogen) atoms. The van der Waals surface area contributed by atoms with Crippen molar-refractivity contribution in [1.29, 1.82) is 0 Å². The van der Waals surface area contributed by atoms with E-state index in [1.807, 2.05) is 24.3 Å². The summed E-state index contributed by atoms with van der Waals surface area (Å²) in [7, 11) is 2.80. The molecule has 0 amide bonds. The average Bonchev–Trinajstić information content (AvgIpc) is 2.71. The molecule has 3 rings (SSSR count). The first-order valence-corrected chi connectivity index (χ1v) is 8.22. The van der Waals surface area contributed by atoms with E-state index in [-0.39, 0.29) is 0 Å². The Morgan fingerprint density at radius 2 is 2.04 bits per heavy atom.